The Bertz CT molecular complexity index is 674. The van der Waals surface area contributed by atoms with Crippen molar-refractivity contribution >= 4 is 5.97 Å². The SMILES string of the molecule is CCOc1ccc(-n2nc(C(=O)O)c3c2CCCCC3)cc1. The predicted molar refractivity (Wildman–Crippen MR) is 83.0 cm³/mol. The van der Waals surface area contributed by atoms with Crippen molar-refractivity contribution < 1.29 is 14.6 Å². The molecule has 5 heteroatoms. The lowest BCUT2D eigenvalue weighted by Crippen LogP contribution is -2.04. The van der Waals surface area contributed by atoms with Crippen LogP contribution in [0.5, 0.6) is 5.75 Å². The van der Waals surface area contributed by atoms with Crippen molar-refractivity contribution in [3.63, 3.8) is 0 Å². The Kier molecular flexibility index (Phi) is 4.13. The van der Waals surface area contributed by atoms with Crippen LogP contribution in [0.3, 0.4) is 0 Å². The lowest BCUT2D eigenvalue weighted by molar-refractivity contribution is 0.0688. The predicted octanol–water partition coefficient (Wildman–Crippen LogP) is 3.24. The van der Waals surface area contributed by atoms with Crippen LogP contribution in [0, 0.1) is 0 Å². The van der Waals surface area contributed by atoms with E-state index in [0.717, 1.165) is 54.8 Å². The van der Waals surface area contributed by atoms with E-state index in [1.807, 2.05) is 31.2 Å². The zero-order chi connectivity index (χ0) is 15.5. The minimum Gasteiger partial charge on any atom is -0.494 e. The smallest absolute Gasteiger partial charge is 0.356 e. The molecule has 2 aromatic rings. The van der Waals surface area contributed by atoms with Crippen LogP contribution in [0.4, 0.5) is 0 Å². The van der Waals surface area contributed by atoms with Crippen molar-refractivity contribution in [3.05, 3.63) is 41.2 Å². The molecule has 0 aliphatic heterocycles. The molecule has 0 radical (unpaired) electrons. The van der Waals surface area contributed by atoms with Gasteiger partial charge in [-0.3, -0.25) is 0 Å². The van der Waals surface area contributed by atoms with Crippen LogP contribution in [0.25, 0.3) is 5.69 Å². The number of fused-ring (bicyclic) bond motifs is 1. The molecule has 22 heavy (non-hydrogen) atoms. The minimum atomic E-state index is -0.942. The lowest BCUT2D eigenvalue weighted by Gasteiger charge is -2.09. The van der Waals surface area contributed by atoms with E-state index in [0.29, 0.717) is 6.61 Å². The molecular weight excluding hydrogens is 280 g/mol. The van der Waals surface area contributed by atoms with E-state index in [2.05, 4.69) is 5.10 Å². The average Bonchev–Trinajstić information content (AvgIpc) is 2.71. The first-order valence-corrected chi connectivity index (χ1v) is 7.78. The van der Waals surface area contributed by atoms with Crippen LogP contribution in [0.15, 0.2) is 24.3 Å². The zero-order valence-corrected chi connectivity index (χ0v) is 12.7. The zero-order valence-electron chi connectivity index (χ0n) is 12.7. The van der Waals surface area contributed by atoms with Crippen molar-refractivity contribution in [1.29, 1.82) is 0 Å². The third kappa shape index (κ3) is 2.71. The highest BCUT2D eigenvalue weighted by atomic mass is 16.5. The van der Waals surface area contributed by atoms with Crippen molar-refractivity contribution in [2.75, 3.05) is 6.61 Å². The first kappa shape index (κ1) is 14.6. The molecule has 0 atom stereocenters. The molecule has 1 heterocycles. The second kappa shape index (κ2) is 6.22. The highest BCUT2D eigenvalue weighted by Crippen LogP contribution is 2.27. The molecule has 0 saturated carbocycles. The summed E-state index contributed by atoms with van der Waals surface area (Å²) >= 11 is 0. The molecule has 0 saturated heterocycles. The maximum absolute atomic E-state index is 11.5. The third-order valence-corrected chi connectivity index (χ3v) is 4.03. The van der Waals surface area contributed by atoms with Crippen LogP contribution >= 0.6 is 0 Å². The van der Waals surface area contributed by atoms with Crippen LogP contribution in [0.1, 0.15) is 47.9 Å². The molecule has 0 amide bonds. The average molecular weight is 300 g/mol. The van der Waals surface area contributed by atoms with E-state index in [1.54, 1.807) is 4.68 Å². The highest BCUT2D eigenvalue weighted by molar-refractivity contribution is 5.87. The maximum atomic E-state index is 11.5. The van der Waals surface area contributed by atoms with E-state index in [4.69, 9.17) is 4.74 Å². The normalized spacial score (nSPS) is 14.2. The number of aromatic carboxylic acids is 1. The Morgan fingerprint density at radius 2 is 1.95 bits per heavy atom. The molecular formula is C17H20N2O3. The fourth-order valence-electron chi connectivity index (χ4n) is 3.01. The molecule has 3 rings (SSSR count). The summed E-state index contributed by atoms with van der Waals surface area (Å²) in [6.07, 6.45) is 4.92. The number of ether oxygens (including phenoxy) is 1. The van der Waals surface area contributed by atoms with Crippen molar-refractivity contribution in [3.8, 4) is 11.4 Å². The van der Waals surface area contributed by atoms with Crippen LogP contribution < -0.4 is 4.74 Å². The summed E-state index contributed by atoms with van der Waals surface area (Å²) in [6, 6.07) is 7.64. The number of carbonyl (C=O) groups is 1. The lowest BCUT2D eigenvalue weighted by atomic mass is 10.1. The maximum Gasteiger partial charge on any atom is 0.356 e. The van der Waals surface area contributed by atoms with Crippen LogP contribution in [-0.4, -0.2) is 27.5 Å². The first-order valence-electron chi connectivity index (χ1n) is 7.78. The van der Waals surface area contributed by atoms with E-state index in [1.165, 1.54) is 0 Å². The molecule has 0 unspecified atom stereocenters. The van der Waals surface area contributed by atoms with E-state index >= 15 is 0 Å². The second-order valence-corrected chi connectivity index (χ2v) is 5.48. The summed E-state index contributed by atoms with van der Waals surface area (Å²) in [4.78, 5) is 11.5. The Balaban J connectivity index is 2.04. The summed E-state index contributed by atoms with van der Waals surface area (Å²) in [5.41, 5.74) is 3.03. The fraction of sp³-hybridized carbons (Fsp3) is 0.412. The van der Waals surface area contributed by atoms with Gasteiger partial charge in [-0.25, -0.2) is 9.48 Å². The number of hydrogen-bond donors (Lipinski definition) is 1. The van der Waals surface area contributed by atoms with Gasteiger partial charge in [-0.1, -0.05) is 6.42 Å². The van der Waals surface area contributed by atoms with E-state index < -0.39 is 5.97 Å². The number of carboxylic acid groups (broad SMARTS) is 1. The molecule has 116 valence electrons. The number of hydrogen-bond acceptors (Lipinski definition) is 3. The van der Waals surface area contributed by atoms with Crippen molar-refractivity contribution in [2.24, 2.45) is 0 Å². The first-order chi connectivity index (χ1) is 10.7. The van der Waals surface area contributed by atoms with Crippen molar-refractivity contribution in [1.82, 2.24) is 9.78 Å². The molecule has 5 nitrogen and oxygen atoms in total. The van der Waals surface area contributed by atoms with Gasteiger partial charge in [0.05, 0.1) is 12.3 Å². The van der Waals surface area contributed by atoms with Gasteiger partial charge in [0.1, 0.15) is 5.75 Å². The fourth-order valence-corrected chi connectivity index (χ4v) is 3.01. The monoisotopic (exact) mass is 300 g/mol. The molecule has 0 fully saturated rings. The molecule has 0 bridgehead atoms. The minimum absolute atomic E-state index is 0.200. The standard InChI is InChI=1S/C17H20N2O3/c1-2-22-13-10-8-12(9-11-13)19-15-7-5-3-4-6-14(15)16(18-19)17(20)21/h8-11H,2-7H2,1H3,(H,20,21). The number of benzene rings is 1. The Labute approximate surface area is 129 Å². The molecule has 1 aromatic heterocycles. The van der Waals surface area contributed by atoms with Gasteiger partial charge in [-0.05, 0) is 56.9 Å². The van der Waals surface area contributed by atoms with Crippen molar-refractivity contribution in [2.45, 2.75) is 39.0 Å². The summed E-state index contributed by atoms with van der Waals surface area (Å²) in [6.45, 7) is 2.57. The van der Waals surface area contributed by atoms with Crippen LogP contribution in [0.2, 0.25) is 0 Å². The molecule has 1 aliphatic carbocycles. The van der Waals surface area contributed by atoms with Gasteiger partial charge in [0.25, 0.3) is 0 Å². The van der Waals surface area contributed by atoms with Gasteiger partial charge in [0.15, 0.2) is 5.69 Å². The van der Waals surface area contributed by atoms with Gasteiger partial charge in [-0.2, -0.15) is 5.10 Å². The summed E-state index contributed by atoms with van der Waals surface area (Å²) in [5.74, 6) is -0.134. The van der Waals surface area contributed by atoms with Crippen LogP contribution in [-0.2, 0) is 12.8 Å². The number of nitrogens with zero attached hydrogens (tertiary/aromatic N) is 2. The second-order valence-electron chi connectivity index (χ2n) is 5.48. The molecule has 0 spiro atoms. The van der Waals surface area contributed by atoms with E-state index in [-0.39, 0.29) is 5.69 Å². The van der Waals surface area contributed by atoms with Gasteiger partial charge in [0.2, 0.25) is 0 Å². The van der Waals surface area contributed by atoms with Gasteiger partial charge in [-0.15, -0.1) is 0 Å². The molecule has 1 aromatic carbocycles. The van der Waals surface area contributed by atoms with Gasteiger partial charge < -0.3 is 9.84 Å². The third-order valence-electron chi connectivity index (χ3n) is 4.03. The molecule has 1 N–H and O–H groups in total. The van der Waals surface area contributed by atoms with E-state index in [9.17, 15) is 9.90 Å². The van der Waals surface area contributed by atoms with Gasteiger partial charge >= 0.3 is 5.97 Å². The number of aromatic nitrogens is 2. The summed E-state index contributed by atoms with van der Waals surface area (Å²) in [5, 5.41) is 13.8. The highest BCUT2D eigenvalue weighted by Gasteiger charge is 2.24. The largest absolute Gasteiger partial charge is 0.494 e. The number of rotatable bonds is 4. The molecule has 1 aliphatic rings. The summed E-state index contributed by atoms with van der Waals surface area (Å²) in [7, 11) is 0. The number of carboxylic acids is 1. The topological polar surface area (TPSA) is 64.4 Å². The Morgan fingerprint density at radius 3 is 2.64 bits per heavy atom. The Morgan fingerprint density at radius 1 is 1.23 bits per heavy atom. The quantitative estimate of drug-likeness (QED) is 0.880. The Hall–Kier alpha value is -2.30. The summed E-state index contributed by atoms with van der Waals surface area (Å²) < 4.78 is 7.24. The van der Waals surface area contributed by atoms with Gasteiger partial charge in [0, 0.05) is 11.3 Å².